The maximum absolute atomic E-state index is 12.5. The van der Waals surface area contributed by atoms with E-state index in [2.05, 4.69) is 15.3 Å². The Morgan fingerprint density at radius 3 is 2.54 bits per heavy atom. The summed E-state index contributed by atoms with van der Waals surface area (Å²) in [7, 11) is -3.48. The summed E-state index contributed by atoms with van der Waals surface area (Å²) in [4.78, 5) is 4.09. The number of aromatic nitrogens is 4. The van der Waals surface area contributed by atoms with E-state index in [9.17, 15) is 8.42 Å². The molecule has 122 valence electrons. The SMILES string of the molecule is O=S(=O)(c1cccnc1)N1CC(n2cc(-c3ccccc3)nn2)C1. The molecule has 0 amide bonds. The number of sulfonamides is 1. The van der Waals surface area contributed by atoms with Crippen LogP contribution in [0.4, 0.5) is 0 Å². The molecule has 0 bridgehead atoms. The Balaban J connectivity index is 1.48. The van der Waals surface area contributed by atoms with Crippen LogP contribution in [0, 0.1) is 0 Å². The van der Waals surface area contributed by atoms with E-state index in [1.54, 1.807) is 23.0 Å². The summed E-state index contributed by atoms with van der Waals surface area (Å²) in [5, 5.41) is 8.31. The fourth-order valence-corrected chi connectivity index (χ4v) is 4.10. The minimum absolute atomic E-state index is 0.00130. The smallest absolute Gasteiger partial charge is 0.244 e. The Morgan fingerprint density at radius 1 is 1.04 bits per heavy atom. The molecule has 7 nitrogen and oxygen atoms in total. The Hall–Kier alpha value is -2.58. The van der Waals surface area contributed by atoms with E-state index in [1.807, 2.05) is 36.5 Å². The topological polar surface area (TPSA) is 81.0 Å². The molecule has 0 atom stereocenters. The molecule has 2 aromatic heterocycles. The van der Waals surface area contributed by atoms with Crippen LogP contribution in [-0.4, -0.2) is 45.8 Å². The van der Waals surface area contributed by atoms with Gasteiger partial charge in [-0.3, -0.25) is 4.98 Å². The van der Waals surface area contributed by atoms with Crippen LogP contribution in [0.3, 0.4) is 0 Å². The van der Waals surface area contributed by atoms with Gasteiger partial charge >= 0.3 is 0 Å². The zero-order chi connectivity index (χ0) is 16.6. The average Bonchev–Trinajstić information content (AvgIpc) is 3.04. The van der Waals surface area contributed by atoms with Crippen LogP contribution in [0.15, 0.2) is 66.0 Å². The number of hydrogen-bond donors (Lipinski definition) is 0. The summed E-state index contributed by atoms with van der Waals surface area (Å²) < 4.78 is 28.1. The van der Waals surface area contributed by atoms with E-state index in [-0.39, 0.29) is 10.9 Å². The van der Waals surface area contributed by atoms with Crippen LogP contribution in [0.1, 0.15) is 6.04 Å². The third kappa shape index (κ3) is 2.59. The van der Waals surface area contributed by atoms with Gasteiger partial charge in [0.15, 0.2) is 0 Å². The molecule has 1 fully saturated rings. The van der Waals surface area contributed by atoms with E-state index in [0.29, 0.717) is 13.1 Å². The molecular weight excluding hydrogens is 326 g/mol. The second-order valence-corrected chi connectivity index (χ2v) is 7.55. The average molecular weight is 341 g/mol. The van der Waals surface area contributed by atoms with Gasteiger partial charge in [-0.25, -0.2) is 13.1 Å². The van der Waals surface area contributed by atoms with Crippen LogP contribution in [-0.2, 0) is 10.0 Å². The second kappa shape index (κ2) is 5.81. The lowest BCUT2D eigenvalue weighted by molar-refractivity contribution is 0.189. The molecule has 0 spiro atoms. The summed E-state index contributed by atoms with van der Waals surface area (Å²) in [6.45, 7) is 0.767. The van der Waals surface area contributed by atoms with Gasteiger partial charge in [-0.2, -0.15) is 4.31 Å². The Kier molecular flexibility index (Phi) is 3.62. The summed E-state index contributed by atoms with van der Waals surface area (Å²) in [6.07, 6.45) is 4.78. The number of benzene rings is 1. The molecule has 0 N–H and O–H groups in total. The van der Waals surface area contributed by atoms with Crippen molar-refractivity contribution < 1.29 is 8.42 Å². The highest BCUT2D eigenvalue weighted by atomic mass is 32.2. The van der Waals surface area contributed by atoms with Gasteiger partial charge in [0.2, 0.25) is 10.0 Å². The number of pyridine rings is 1. The van der Waals surface area contributed by atoms with Gasteiger partial charge in [0.25, 0.3) is 0 Å². The molecule has 0 unspecified atom stereocenters. The summed E-state index contributed by atoms with van der Waals surface area (Å²) in [5.41, 5.74) is 1.77. The molecule has 0 saturated carbocycles. The van der Waals surface area contributed by atoms with Gasteiger partial charge in [0.1, 0.15) is 10.6 Å². The lowest BCUT2D eigenvalue weighted by atomic mass is 10.1. The maximum Gasteiger partial charge on any atom is 0.244 e. The van der Waals surface area contributed by atoms with Gasteiger partial charge in [-0.1, -0.05) is 35.5 Å². The van der Waals surface area contributed by atoms with E-state index >= 15 is 0 Å². The van der Waals surface area contributed by atoms with Gasteiger partial charge in [-0.05, 0) is 12.1 Å². The molecule has 1 saturated heterocycles. The lowest BCUT2D eigenvalue weighted by Crippen LogP contribution is -2.50. The molecule has 1 aliphatic heterocycles. The molecular formula is C16H15N5O2S. The van der Waals surface area contributed by atoms with E-state index in [0.717, 1.165) is 11.3 Å². The highest BCUT2D eigenvalue weighted by Crippen LogP contribution is 2.28. The minimum atomic E-state index is -3.48. The molecule has 0 radical (unpaired) electrons. The minimum Gasteiger partial charge on any atom is -0.263 e. The first-order valence-corrected chi connectivity index (χ1v) is 8.96. The van der Waals surface area contributed by atoms with Crippen molar-refractivity contribution in [1.82, 2.24) is 24.3 Å². The fraction of sp³-hybridized carbons (Fsp3) is 0.188. The van der Waals surface area contributed by atoms with Crippen molar-refractivity contribution in [2.45, 2.75) is 10.9 Å². The molecule has 24 heavy (non-hydrogen) atoms. The Bertz CT molecular complexity index is 935. The fourth-order valence-electron chi connectivity index (χ4n) is 2.63. The standard InChI is InChI=1S/C16H15N5O2S/c22-24(23,15-7-4-8-17-9-15)20-10-14(11-20)21-12-16(18-19-21)13-5-2-1-3-6-13/h1-9,12,14H,10-11H2. The van der Waals surface area contributed by atoms with Crippen molar-refractivity contribution in [1.29, 1.82) is 0 Å². The van der Waals surface area contributed by atoms with Gasteiger partial charge in [-0.15, -0.1) is 5.10 Å². The van der Waals surface area contributed by atoms with Crippen LogP contribution < -0.4 is 0 Å². The number of hydrogen-bond acceptors (Lipinski definition) is 5. The van der Waals surface area contributed by atoms with Gasteiger partial charge in [0.05, 0.1) is 12.2 Å². The molecule has 1 aliphatic rings. The largest absolute Gasteiger partial charge is 0.263 e. The van der Waals surface area contributed by atoms with Crippen molar-refractivity contribution in [3.05, 3.63) is 61.1 Å². The first kappa shape index (κ1) is 15.0. The highest BCUT2D eigenvalue weighted by molar-refractivity contribution is 7.89. The third-order valence-corrected chi connectivity index (χ3v) is 5.87. The molecule has 3 heterocycles. The molecule has 0 aliphatic carbocycles. The van der Waals surface area contributed by atoms with Crippen molar-refractivity contribution in [3.8, 4) is 11.3 Å². The van der Waals surface area contributed by atoms with Crippen molar-refractivity contribution in [2.75, 3.05) is 13.1 Å². The first-order chi connectivity index (χ1) is 11.6. The maximum atomic E-state index is 12.5. The van der Waals surface area contributed by atoms with Crippen molar-refractivity contribution >= 4 is 10.0 Å². The van der Waals surface area contributed by atoms with E-state index < -0.39 is 10.0 Å². The van der Waals surface area contributed by atoms with E-state index in [4.69, 9.17) is 0 Å². The summed E-state index contributed by atoms with van der Waals surface area (Å²) in [6, 6.07) is 12.9. The zero-order valence-electron chi connectivity index (χ0n) is 12.7. The zero-order valence-corrected chi connectivity index (χ0v) is 13.5. The lowest BCUT2D eigenvalue weighted by Gasteiger charge is -2.37. The number of rotatable bonds is 4. The molecule has 3 aromatic rings. The Morgan fingerprint density at radius 2 is 1.83 bits per heavy atom. The van der Waals surface area contributed by atoms with Gasteiger partial charge < -0.3 is 0 Å². The molecule has 4 rings (SSSR count). The monoisotopic (exact) mass is 341 g/mol. The van der Waals surface area contributed by atoms with E-state index in [1.165, 1.54) is 10.5 Å². The predicted molar refractivity (Wildman–Crippen MR) is 87.5 cm³/mol. The molecule has 1 aromatic carbocycles. The van der Waals surface area contributed by atoms with Crippen LogP contribution in [0.25, 0.3) is 11.3 Å². The van der Waals surface area contributed by atoms with Crippen LogP contribution in [0.5, 0.6) is 0 Å². The second-order valence-electron chi connectivity index (χ2n) is 5.61. The normalized spacial score (nSPS) is 16.0. The van der Waals surface area contributed by atoms with Crippen LogP contribution >= 0.6 is 0 Å². The first-order valence-electron chi connectivity index (χ1n) is 7.52. The number of nitrogens with zero attached hydrogens (tertiary/aromatic N) is 5. The molecule has 8 heteroatoms. The third-order valence-electron chi connectivity index (χ3n) is 4.05. The Labute approximate surface area is 139 Å². The summed E-state index contributed by atoms with van der Waals surface area (Å²) >= 11 is 0. The highest BCUT2D eigenvalue weighted by Gasteiger charge is 2.38. The van der Waals surface area contributed by atoms with Crippen molar-refractivity contribution in [2.24, 2.45) is 0 Å². The summed E-state index contributed by atoms with van der Waals surface area (Å²) in [5.74, 6) is 0. The van der Waals surface area contributed by atoms with Crippen LogP contribution in [0.2, 0.25) is 0 Å². The predicted octanol–water partition coefficient (Wildman–Crippen LogP) is 1.59. The van der Waals surface area contributed by atoms with Gasteiger partial charge in [0, 0.05) is 31.0 Å². The van der Waals surface area contributed by atoms with Crippen molar-refractivity contribution in [3.63, 3.8) is 0 Å². The quantitative estimate of drug-likeness (QED) is 0.720.